The number of thiophene rings is 1. The Labute approximate surface area is 105 Å². The van der Waals surface area contributed by atoms with E-state index in [1.165, 1.54) is 9.59 Å². The van der Waals surface area contributed by atoms with Crippen LogP contribution in [0.1, 0.15) is 0 Å². The molecule has 0 saturated carbocycles. The van der Waals surface area contributed by atoms with Crippen molar-refractivity contribution < 1.29 is 0 Å². The molecule has 86 valence electrons. The third kappa shape index (κ3) is 4.89. The smallest absolute Gasteiger partial charge is 0.0904 e. The van der Waals surface area contributed by atoms with Gasteiger partial charge in [-0.2, -0.15) is 0 Å². The highest BCUT2D eigenvalue weighted by Crippen LogP contribution is 2.26. The second kappa shape index (κ2) is 4.77. The highest BCUT2D eigenvalue weighted by atomic mass is 32.2. The molecule has 0 aliphatic heterocycles. The maximum absolute atomic E-state index is 2.44. The first-order valence-corrected chi connectivity index (χ1v) is 14.4. The fourth-order valence-corrected chi connectivity index (χ4v) is 7.44. The van der Waals surface area contributed by atoms with Crippen molar-refractivity contribution in [1.29, 1.82) is 0 Å². The van der Waals surface area contributed by atoms with Crippen LogP contribution in [0, 0.1) is 0 Å². The van der Waals surface area contributed by atoms with E-state index in [9.17, 15) is 0 Å². The summed E-state index contributed by atoms with van der Waals surface area (Å²) < 4.78 is 3.16. The maximum atomic E-state index is 2.44. The van der Waals surface area contributed by atoms with Gasteiger partial charge >= 0.3 is 0 Å². The van der Waals surface area contributed by atoms with Gasteiger partial charge in [0.05, 0.1) is 20.4 Å². The van der Waals surface area contributed by atoms with Crippen molar-refractivity contribution in [3.63, 3.8) is 0 Å². The van der Waals surface area contributed by atoms with E-state index < -0.39 is 16.1 Å². The largest absolute Gasteiger partial charge is 0.139 e. The van der Waals surface area contributed by atoms with Gasteiger partial charge in [-0.15, -0.1) is 23.1 Å². The average molecular weight is 275 g/mol. The van der Waals surface area contributed by atoms with Gasteiger partial charge in [-0.25, -0.2) is 0 Å². The van der Waals surface area contributed by atoms with E-state index in [0.717, 1.165) is 0 Å². The van der Waals surface area contributed by atoms with E-state index in [4.69, 9.17) is 0 Å². The minimum Gasteiger partial charge on any atom is -0.139 e. The summed E-state index contributed by atoms with van der Waals surface area (Å²) in [6.07, 6.45) is 0. The zero-order valence-corrected chi connectivity index (χ0v) is 14.3. The molecule has 0 aliphatic carbocycles. The summed E-state index contributed by atoms with van der Waals surface area (Å²) >= 11 is 4.09. The lowest BCUT2D eigenvalue weighted by molar-refractivity contribution is 1.65. The standard InChI is InChI=1S/C11H22S2Si2/c1-14(2,3)9-12-10-7-8-11(13-10)15(4,5)6/h7-8H,9H2,1-6H3. The molecule has 0 N–H and O–H groups in total. The van der Waals surface area contributed by atoms with Crippen LogP contribution in [0.15, 0.2) is 16.3 Å². The van der Waals surface area contributed by atoms with Crippen molar-refractivity contribution in [3.05, 3.63) is 12.1 Å². The van der Waals surface area contributed by atoms with Crippen LogP contribution in [0.5, 0.6) is 0 Å². The molecule has 0 aliphatic rings. The van der Waals surface area contributed by atoms with E-state index in [1.54, 1.807) is 4.50 Å². The fourth-order valence-electron chi connectivity index (χ4n) is 1.09. The number of thioether (sulfide) groups is 1. The molecule has 1 heterocycles. The number of hydrogen-bond acceptors (Lipinski definition) is 2. The normalized spacial score (nSPS) is 13.2. The monoisotopic (exact) mass is 274 g/mol. The Morgan fingerprint density at radius 2 is 1.67 bits per heavy atom. The van der Waals surface area contributed by atoms with Crippen LogP contribution in [0.25, 0.3) is 0 Å². The molecule has 0 saturated heterocycles. The van der Waals surface area contributed by atoms with Gasteiger partial charge in [-0.1, -0.05) is 45.3 Å². The van der Waals surface area contributed by atoms with Crippen LogP contribution < -0.4 is 4.50 Å². The summed E-state index contributed by atoms with van der Waals surface area (Å²) in [5, 5.41) is 1.35. The van der Waals surface area contributed by atoms with Crippen LogP contribution in [0.2, 0.25) is 39.3 Å². The lowest BCUT2D eigenvalue weighted by atomic mass is 10.7. The molecule has 0 nitrogen and oxygen atoms in total. The second-order valence-electron chi connectivity index (χ2n) is 6.22. The van der Waals surface area contributed by atoms with Gasteiger partial charge in [0, 0.05) is 0 Å². The molecule has 0 atom stereocenters. The molecule has 0 aromatic carbocycles. The lowest BCUT2D eigenvalue weighted by Gasteiger charge is -2.14. The summed E-state index contributed by atoms with van der Waals surface area (Å²) in [6, 6.07) is 4.67. The van der Waals surface area contributed by atoms with Gasteiger partial charge in [0.2, 0.25) is 0 Å². The minimum atomic E-state index is -1.07. The molecule has 0 fully saturated rings. The van der Waals surface area contributed by atoms with Crippen molar-refractivity contribution in [2.24, 2.45) is 0 Å². The Morgan fingerprint density at radius 1 is 1.07 bits per heavy atom. The van der Waals surface area contributed by atoms with E-state index in [-0.39, 0.29) is 0 Å². The third-order valence-electron chi connectivity index (χ3n) is 1.97. The molecule has 0 amide bonds. The summed E-state index contributed by atoms with van der Waals surface area (Å²) in [4.78, 5) is 0. The first kappa shape index (κ1) is 13.5. The lowest BCUT2D eigenvalue weighted by Crippen LogP contribution is -2.34. The summed E-state index contributed by atoms with van der Waals surface area (Å²) in [6.45, 7) is 14.6. The van der Waals surface area contributed by atoms with Gasteiger partial charge in [-0.05, 0) is 15.9 Å². The first-order valence-electron chi connectivity index (χ1n) is 5.42. The van der Waals surface area contributed by atoms with Crippen molar-refractivity contribution in [1.82, 2.24) is 0 Å². The predicted octanol–water partition coefficient (Wildman–Crippen LogP) is 4.26. The first-order chi connectivity index (χ1) is 6.68. The molecule has 0 bridgehead atoms. The minimum absolute atomic E-state index is 0.896. The van der Waals surface area contributed by atoms with Crippen molar-refractivity contribution in [2.45, 2.75) is 43.5 Å². The van der Waals surface area contributed by atoms with E-state index in [0.29, 0.717) is 0 Å². The Balaban J connectivity index is 2.62. The Hall–Kier alpha value is 0.484. The molecule has 0 spiro atoms. The van der Waals surface area contributed by atoms with Gasteiger partial charge in [0.15, 0.2) is 0 Å². The topological polar surface area (TPSA) is 0 Å². The van der Waals surface area contributed by atoms with Crippen LogP contribution in [-0.2, 0) is 0 Å². The summed E-state index contributed by atoms with van der Waals surface area (Å²) in [7, 11) is -1.97. The molecule has 0 radical (unpaired) electrons. The van der Waals surface area contributed by atoms with Crippen LogP contribution >= 0.6 is 23.1 Å². The van der Waals surface area contributed by atoms with Crippen LogP contribution in [0.3, 0.4) is 0 Å². The second-order valence-corrected chi connectivity index (χ2v) is 20.0. The summed E-state index contributed by atoms with van der Waals surface area (Å²) in [5.41, 5.74) is 0. The van der Waals surface area contributed by atoms with Gasteiger partial charge in [0.25, 0.3) is 0 Å². The third-order valence-corrected chi connectivity index (χ3v) is 11.5. The zero-order chi connectivity index (χ0) is 11.7. The molecule has 0 unspecified atom stereocenters. The summed E-state index contributed by atoms with van der Waals surface area (Å²) in [5.74, 6) is 0. The molecular formula is C11H22S2Si2. The van der Waals surface area contributed by atoms with Crippen LogP contribution in [0.4, 0.5) is 0 Å². The highest BCUT2D eigenvalue weighted by Gasteiger charge is 2.19. The molecule has 1 rings (SSSR count). The average Bonchev–Trinajstić information content (AvgIpc) is 2.45. The van der Waals surface area contributed by atoms with Gasteiger partial charge in [0.1, 0.15) is 0 Å². The molecule has 4 heteroatoms. The quantitative estimate of drug-likeness (QED) is 0.584. The Bertz CT molecular complexity index is 318. The highest BCUT2D eigenvalue weighted by molar-refractivity contribution is 8.02. The molecule has 1 aromatic heterocycles. The molecule has 1 aromatic rings. The number of hydrogen-bond donors (Lipinski definition) is 0. The van der Waals surface area contributed by atoms with Crippen LogP contribution in [-0.4, -0.2) is 21.5 Å². The van der Waals surface area contributed by atoms with E-state index in [1.807, 2.05) is 11.3 Å². The molecular weight excluding hydrogens is 252 g/mol. The van der Waals surface area contributed by atoms with E-state index in [2.05, 4.69) is 63.2 Å². The fraction of sp³-hybridized carbons (Fsp3) is 0.636. The van der Waals surface area contributed by atoms with E-state index >= 15 is 0 Å². The van der Waals surface area contributed by atoms with Gasteiger partial charge < -0.3 is 0 Å². The van der Waals surface area contributed by atoms with Crippen molar-refractivity contribution in [2.75, 3.05) is 5.38 Å². The van der Waals surface area contributed by atoms with Crippen molar-refractivity contribution in [3.8, 4) is 0 Å². The predicted molar refractivity (Wildman–Crippen MR) is 81.4 cm³/mol. The molecule has 15 heavy (non-hydrogen) atoms. The van der Waals surface area contributed by atoms with Crippen molar-refractivity contribution >= 4 is 43.7 Å². The number of rotatable bonds is 4. The van der Waals surface area contributed by atoms with Gasteiger partial charge in [-0.3, -0.25) is 0 Å². The Kier molecular flexibility index (Phi) is 4.31. The SMILES string of the molecule is C[Si](C)(C)CSc1ccc([Si](C)(C)C)s1. The Morgan fingerprint density at radius 3 is 2.07 bits per heavy atom. The zero-order valence-electron chi connectivity index (χ0n) is 10.7. The maximum Gasteiger partial charge on any atom is 0.0904 e.